The highest BCUT2D eigenvalue weighted by Crippen LogP contribution is 2.00. The third-order valence-corrected chi connectivity index (χ3v) is 1.88. The van der Waals surface area contributed by atoms with Crippen molar-refractivity contribution in [3.8, 4) is 0 Å². The van der Waals surface area contributed by atoms with Gasteiger partial charge in [0.2, 0.25) is 6.33 Å². The highest BCUT2D eigenvalue weighted by molar-refractivity contribution is 5.91. The van der Waals surface area contributed by atoms with Crippen LogP contribution in [-0.4, -0.2) is 10.4 Å². The van der Waals surface area contributed by atoms with Gasteiger partial charge in [0.05, 0.1) is 6.54 Å². The summed E-state index contributed by atoms with van der Waals surface area (Å²) in [5, 5.41) is 0. The molecule has 0 aliphatic heterocycles. The molecular weight excluding hydrogens is 164 g/mol. The van der Waals surface area contributed by atoms with Crippen molar-refractivity contribution >= 4 is 11.5 Å². The molecule has 0 N–H and O–H groups in total. The molecule has 1 heterocycles. The van der Waals surface area contributed by atoms with Crippen LogP contribution in [0.1, 0.15) is 20.8 Å². The molecule has 1 rings (SSSR count). The van der Waals surface area contributed by atoms with Crippen molar-refractivity contribution in [2.24, 2.45) is 0 Å². The zero-order chi connectivity index (χ0) is 9.84. The molecule has 1 aromatic rings. The Hall–Kier alpha value is -1.38. The normalized spacial score (nSPS) is 11.8. The Labute approximate surface area is 78.3 Å². The van der Waals surface area contributed by atoms with Crippen molar-refractivity contribution in [2.45, 2.75) is 27.3 Å². The Balaban J connectivity index is 2.88. The standard InChI is InChI=1S/C10H15N2O/c1-4-11-5-6-12(8-11)9(2)7-10(3)13/h5-8H,4H2,1-3H3/q+1/b9-7-. The molecule has 3 heteroatoms. The fourth-order valence-electron chi connectivity index (χ4n) is 1.16. The minimum absolute atomic E-state index is 0.0780. The maximum absolute atomic E-state index is 10.8. The summed E-state index contributed by atoms with van der Waals surface area (Å²) in [6.07, 6.45) is 7.52. The fraction of sp³-hybridized carbons (Fsp3) is 0.400. The average molecular weight is 179 g/mol. The van der Waals surface area contributed by atoms with Gasteiger partial charge in [-0.3, -0.25) is 4.79 Å². The average Bonchev–Trinajstić information content (AvgIpc) is 2.50. The SMILES string of the molecule is CC[n+]1ccn(/C(C)=C\C(C)=O)c1. The largest absolute Gasteiger partial charge is 0.295 e. The Morgan fingerprint density at radius 1 is 1.54 bits per heavy atom. The minimum atomic E-state index is 0.0780. The van der Waals surface area contributed by atoms with Crippen LogP contribution in [0.3, 0.4) is 0 Å². The molecule has 70 valence electrons. The topological polar surface area (TPSA) is 25.9 Å². The summed E-state index contributed by atoms with van der Waals surface area (Å²) in [6, 6.07) is 0. The molecule has 0 aromatic carbocycles. The molecule has 0 aliphatic carbocycles. The number of aryl methyl sites for hydroxylation is 1. The first-order valence-corrected chi connectivity index (χ1v) is 4.39. The van der Waals surface area contributed by atoms with E-state index < -0.39 is 0 Å². The number of carbonyl (C=O) groups excluding carboxylic acids is 1. The van der Waals surface area contributed by atoms with Gasteiger partial charge in [-0.05, 0) is 20.8 Å². The zero-order valence-corrected chi connectivity index (χ0v) is 8.32. The van der Waals surface area contributed by atoms with Gasteiger partial charge >= 0.3 is 0 Å². The third kappa shape index (κ3) is 2.54. The van der Waals surface area contributed by atoms with E-state index in [2.05, 4.69) is 11.5 Å². The lowest BCUT2D eigenvalue weighted by Crippen LogP contribution is -2.28. The first-order valence-electron chi connectivity index (χ1n) is 4.39. The molecule has 0 bridgehead atoms. The minimum Gasteiger partial charge on any atom is -0.295 e. The molecule has 0 fully saturated rings. The second-order valence-electron chi connectivity index (χ2n) is 3.05. The van der Waals surface area contributed by atoms with E-state index in [0.717, 1.165) is 12.2 Å². The van der Waals surface area contributed by atoms with E-state index in [4.69, 9.17) is 0 Å². The van der Waals surface area contributed by atoms with Crippen molar-refractivity contribution in [1.29, 1.82) is 0 Å². The molecule has 0 unspecified atom stereocenters. The molecule has 0 spiro atoms. The van der Waals surface area contributed by atoms with Crippen molar-refractivity contribution in [3.63, 3.8) is 0 Å². The molecule has 0 amide bonds. The van der Waals surface area contributed by atoms with E-state index in [1.54, 1.807) is 13.0 Å². The number of ketones is 1. The van der Waals surface area contributed by atoms with Gasteiger partial charge in [-0.15, -0.1) is 0 Å². The monoisotopic (exact) mass is 179 g/mol. The molecule has 3 nitrogen and oxygen atoms in total. The number of carbonyl (C=O) groups is 1. The molecule has 13 heavy (non-hydrogen) atoms. The second-order valence-corrected chi connectivity index (χ2v) is 3.05. The van der Waals surface area contributed by atoms with Crippen molar-refractivity contribution in [3.05, 3.63) is 24.8 Å². The van der Waals surface area contributed by atoms with Gasteiger partial charge in [-0.1, -0.05) is 0 Å². The molecule has 0 atom stereocenters. The summed E-state index contributed by atoms with van der Waals surface area (Å²) < 4.78 is 3.99. The van der Waals surface area contributed by atoms with Crippen LogP contribution in [0.15, 0.2) is 24.8 Å². The Bertz CT molecular complexity index is 336. The van der Waals surface area contributed by atoms with Gasteiger partial charge in [0.25, 0.3) is 0 Å². The highest BCUT2D eigenvalue weighted by Gasteiger charge is 2.03. The summed E-state index contributed by atoms with van der Waals surface area (Å²) in [5.41, 5.74) is 0.944. The van der Waals surface area contributed by atoms with E-state index >= 15 is 0 Å². The summed E-state index contributed by atoms with van der Waals surface area (Å²) in [4.78, 5) is 10.8. The molecule has 0 radical (unpaired) electrons. The Morgan fingerprint density at radius 2 is 2.23 bits per heavy atom. The van der Waals surface area contributed by atoms with Gasteiger partial charge in [-0.25, -0.2) is 9.13 Å². The molecular formula is C10H15N2O+. The number of hydrogen-bond acceptors (Lipinski definition) is 1. The smallest absolute Gasteiger partial charge is 0.248 e. The predicted octanol–water partition coefficient (Wildman–Crippen LogP) is 1.25. The maximum Gasteiger partial charge on any atom is 0.248 e. The van der Waals surface area contributed by atoms with E-state index in [1.165, 1.54) is 0 Å². The summed E-state index contributed by atoms with van der Waals surface area (Å²) >= 11 is 0. The fourth-order valence-corrected chi connectivity index (χ4v) is 1.16. The van der Waals surface area contributed by atoms with E-state index in [9.17, 15) is 4.79 Å². The maximum atomic E-state index is 10.8. The molecule has 0 saturated carbocycles. The Kier molecular flexibility index (Phi) is 3.01. The summed E-state index contributed by atoms with van der Waals surface area (Å²) in [7, 11) is 0. The van der Waals surface area contributed by atoms with Crippen LogP contribution in [0.25, 0.3) is 5.70 Å². The van der Waals surface area contributed by atoms with Gasteiger partial charge in [0.1, 0.15) is 18.1 Å². The van der Waals surface area contributed by atoms with Gasteiger partial charge in [0, 0.05) is 6.08 Å². The molecule has 0 aliphatic rings. The van der Waals surface area contributed by atoms with E-state index in [-0.39, 0.29) is 5.78 Å². The third-order valence-electron chi connectivity index (χ3n) is 1.88. The van der Waals surface area contributed by atoms with Crippen LogP contribution in [0.4, 0.5) is 0 Å². The van der Waals surface area contributed by atoms with E-state index in [1.807, 2.05) is 30.2 Å². The van der Waals surface area contributed by atoms with Crippen LogP contribution in [-0.2, 0) is 11.3 Å². The van der Waals surface area contributed by atoms with Crippen molar-refractivity contribution in [2.75, 3.05) is 0 Å². The number of aromatic nitrogens is 2. The lowest BCUT2D eigenvalue weighted by atomic mass is 10.3. The first-order chi connectivity index (χ1) is 6.13. The number of nitrogens with zero attached hydrogens (tertiary/aromatic N) is 2. The first kappa shape index (κ1) is 9.71. The predicted molar refractivity (Wildman–Crippen MR) is 50.9 cm³/mol. The van der Waals surface area contributed by atoms with Crippen molar-refractivity contribution in [1.82, 2.24) is 4.57 Å². The number of rotatable bonds is 3. The van der Waals surface area contributed by atoms with Crippen LogP contribution < -0.4 is 4.57 Å². The number of hydrogen-bond donors (Lipinski definition) is 0. The Morgan fingerprint density at radius 3 is 2.69 bits per heavy atom. The van der Waals surface area contributed by atoms with Crippen LogP contribution in [0.2, 0.25) is 0 Å². The lowest BCUT2D eigenvalue weighted by Gasteiger charge is -1.92. The van der Waals surface area contributed by atoms with Crippen LogP contribution in [0.5, 0.6) is 0 Å². The van der Waals surface area contributed by atoms with Crippen LogP contribution >= 0.6 is 0 Å². The molecule has 1 aromatic heterocycles. The number of allylic oxidation sites excluding steroid dienone is 2. The molecule has 0 saturated heterocycles. The highest BCUT2D eigenvalue weighted by atomic mass is 16.1. The quantitative estimate of drug-likeness (QED) is 0.506. The van der Waals surface area contributed by atoms with Gasteiger partial charge < -0.3 is 0 Å². The van der Waals surface area contributed by atoms with Crippen molar-refractivity contribution < 1.29 is 9.36 Å². The van der Waals surface area contributed by atoms with E-state index in [0.29, 0.717) is 0 Å². The summed E-state index contributed by atoms with van der Waals surface area (Å²) in [6.45, 7) is 6.50. The zero-order valence-electron chi connectivity index (χ0n) is 8.32. The van der Waals surface area contributed by atoms with Gasteiger partial charge in [-0.2, -0.15) is 0 Å². The van der Waals surface area contributed by atoms with Gasteiger partial charge in [0.15, 0.2) is 5.78 Å². The van der Waals surface area contributed by atoms with Crippen LogP contribution in [0, 0.1) is 0 Å². The number of imidazole rings is 1. The summed E-state index contributed by atoms with van der Waals surface area (Å²) in [5.74, 6) is 0.0780. The lowest BCUT2D eigenvalue weighted by molar-refractivity contribution is -0.692. The second kappa shape index (κ2) is 4.03.